The van der Waals surface area contributed by atoms with Crippen molar-refractivity contribution in [3.05, 3.63) is 36.0 Å². The molecule has 0 bridgehead atoms. The third-order valence-corrected chi connectivity index (χ3v) is 1.48. The summed E-state index contributed by atoms with van der Waals surface area (Å²) in [6, 6.07) is 0. The first-order valence-corrected chi connectivity index (χ1v) is 4.53. The van der Waals surface area contributed by atoms with Gasteiger partial charge in [0.2, 0.25) is 0 Å². The summed E-state index contributed by atoms with van der Waals surface area (Å²) < 4.78 is 0. The number of amides is 2. The molecule has 0 saturated carbocycles. The molecular weight excluding hydrogens is 210 g/mol. The van der Waals surface area contributed by atoms with Gasteiger partial charge in [-0.1, -0.05) is 18.2 Å². The van der Waals surface area contributed by atoms with Gasteiger partial charge in [0.1, 0.15) is 0 Å². The third-order valence-electron chi connectivity index (χ3n) is 1.48. The predicted octanol–water partition coefficient (Wildman–Crippen LogP) is 0.792. The second-order valence-electron chi connectivity index (χ2n) is 2.87. The Morgan fingerprint density at radius 1 is 1.38 bits per heavy atom. The standard InChI is InChI=1S/C6H8O2.C5H5NO2/c1-2-3-4-5-6(7)8;1-3-2-4(7)6-5(3)8/h2-5H,1H3,(H,7,8);2H,1H3,(H,6,7,8)/b3-2+,5-4+;. The number of aliphatic carboxylic acids is 1. The summed E-state index contributed by atoms with van der Waals surface area (Å²) in [5, 5.41) is 10.1. The minimum absolute atomic E-state index is 0.282. The molecule has 1 aliphatic rings. The summed E-state index contributed by atoms with van der Waals surface area (Å²) in [7, 11) is 0. The van der Waals surface area contributed by atoms with Crippen molar-refractivity contribution >= 4 is 17.8 Å². The number of carboxylic acid groups (broad SMARTS) is 1. The average Bonchev–Trinajstić information content (AvgIpc) is 2.45. The van der Waals surface area contributed by atoms with Gasteiger partial charge in [0.15, 0.2) is 0 Å². The van der Waals surface area contributed by atoms with Crippen LogP contribution in [0.25, 0.3) is 0 Å². The Morgan fingerprint density at radius 2 is 2.00 bits per heavy atom. The molecule has 0 unspecified atom stereocenters. The summed E-state index contributed by atoms with van der Waals surface area (Å²) in [6.07, 6.45) is 7.26. The lowest BCUT2D eigenvalue weighted by atomic mass is 10.3. The maximum absolute atomic E-state index is 10.4. The lowest BCUT2D eigenvalue weighted by Gasteiger charge is -1.84. The monoisotopic (exact) mass is 223 g/mol. The zero-order chi connectivity index (χ0) is 12.6. The van der Waals surface area contributed by atoms with Crippen LogP contribution in [0.3, 0.4) is 0 Å². The van der Waals surface area contributed by atoms with Crippen LogP contribution >= 0.6 is 0 Å². The van der Waals surface area contributed by atoms with Crippen molar-refractivity contribution < 1.29 is 19.5 Å². The van der Waals surface area contributed by atoms with E-state index in [-0.39, 0.29) is 11.8 Å². The van der Waals surface area contributed by atoms with Crippen LogP contribution in [0, 0.1) is 0 Å². The zero-order valence-electron chi connectivity index (χ0n) is 9.06. The normalized spacial score (nSPS) is 14.8. The minimum atomic E-state index is -0.914. The molecule has 0 fully saturated rings. The van der Waals surface area contributed by atoms with Crippen LogP contribution in [0.2, 0.25) is 0 Å². The van der Waals surface area contributed by atoms with E-state index in [4.69, 9.17) is 5.11 Å². The topological polar surface area (TPSA) is 83.5 Å². The predicted molar refractivity (Wildman–Crippen MR) is 58.5 cm³/mol. The highest BCUT2D eigenvalue weighted by molar-refractivity contribution is 6.15. The quantitative estimate of drug-likeness (QED) is 0.412. The molecule has 0 aliphatic carbocycles. The number of nitrogens with one attached hydrogen (secondary N) is 1. The first-order chi connectivity index (χ1) is 7.47. The number of hydrogen-bond acceptors (Lipinski definition) is 3. The van der Waals surface area contributed by atoms with E-state index in [1.54, 1.807) is 19.1 Å². The van der Waals surface area contributed by atoms with Crippen LogP contribution in [-0.4, -0.2) is 22.9 Å². The van der Waals surface area contributed by atoms with E-state index in [2.05, 4.69) is 5.32 Å². The van der Waals surface area contributed by atoms with E-state index in [1.807, 2.05) is 6.92 Å². The highest BCUT2D eigenvalue weighted by atomic mass is 16.4. The number of carboxylic acids is 1. The molecule has 1 aliphatic heterocycles. The molecule has 0 radical (unpaired) electrons. The van der Waals surface area contributed by atoms with Crippen molar-refractivity contribution in [1.82, 2.24) is 5.32 Å². The Bertz CT molecular complexity index is 377. The van der Waals surface area contributed by atoms with Gasteiger partial charge in [-0.05, 0) is 13.8 Å². The second-order valence-corrected chi connectivity index (χ2v) is 2.87. The van der Waals surface area contributed by atoms with Crippen LogP contribution in [0.1, 0.15) is 13.8 Å². The van der Waals surface area contributed by atoms with Gasteiger partial charge in [0.05, 0.1) is 0 Å². The Labute approximate surface area is 93.1 Å². The van der Waals surface area contributed by atoms with Crippen molar-refractivity contribution in [2.75, 3.05) is 0 Å². The largest absolute Gasteiger partial charge is 0.478 e. The minimum Gasteiger partial charge on any atom is -0.478 e. The number of rotatable bonds is 2. The molecule has 1 heterocycles. The number of hydrogen-bond donors (Lipinski definition) is 2. The molecular formula is C11H13NO4. The van der Waals surface area contributed by atoms with E-state index < -0.39 is 5.97 Å². The number of carbonyl (C=O) groups excluding carboxylic acids is 2. The SMILES string of the molecule is C/C=C/C=C/C(=O)O.CC1=CC(=O)NC1=O. The molecule has 5 heteroatoms. The molecule has 16 heavy (non-hydrogen) atoms. The van der Waals surface area contributed by atoms with E-state index in [0.717, 1.165) is 6.08 Å². The van der Waals surface area contributed by atoms with Gasteiger partial charge in [0.25, 0.3) is 11.8 Å². The first kappa shape index (κ1) is 13.8. The molecule has 0 aromatic carbocycles. The van der Waals surface area contributed by atoms with Crippen LogP contribution in [0.5, 0.6) is 0 Å². The van der Waals surface area contributed by atoms with E-state index >= 15 is 0 Å². The molecule has 2 amide bonds. The number of allylic oxidation sites excluding steroid dienone is 3. The molecule has 2 N–H and O–H groups in total. The second kappa shape index (κ2) is 7.17. The molecule has 1 rings (SSSR count). The maximum atomic E-state index is 10.4. The smallest absolute Gasteiger partial charge is 0.328 e. The van der Waals surface area contributed by atoms with E-state index in [9.17, 15) is 14.4 Å². The highest BCUT2D eigenvalue weighted by Crippen LogP contribution is 1.97. The highest BCUT2D eigenvalue weighted by Gasteiger charge is 2.15. The molecule has 0 atom stereocenters. The van der Waals surface area contributed by atoms with Crippen molar-refractivity contribution in [3.8, 4) is 0 Å². The van der Waals surface area contributed by atoms with Crippen molar-refractivity contribution in [1.29, 1.82) is 0 Å². The molecule has 0 spiro atoms. The van der Waals surface area contributed by atoms with Gasteiger partial charge in [-0.2, -0.15) is 0 Å². The summed E-state index contributed by atoms with van der Waals surface area (Å²) in [5.74, 6) is -1.51. The fourth-order valence-electron chi connectivity index (χ4n) is 0.758. The maximum Gasteiger partial charge on any atom is 0.328 e. The van der Waals surface area contributed by atoms with Gasteiger partial charge in [-0.3, -0.25) is 14.9 Å². The Hall–Kier alpha value is -2.17. The Morgan fingerprint density at radius 3 is 2.25 bits per heavy atom. The zero-order valence-corrected chi connectivity index (χ0v) is 9.06. The van der Waals surface area contributed by atoms with E-state index in [0.29, 0.717) is 5.57 Å². The fourth-order valence-corrected chi connectivity index (χ4v) is 0.758. The Balaban J connectivity index is 0.000000281. The third kappa shape index (κ3) is 6.31. The van der Waals surface area contributed by atoms with E-state index in [1.165, 1.54) is 12.2 Å². The first-order valence-electron chi connectivity index (χ1n) is 4.53. The average molecular weight is 223 g/mol. The summed E-state index contributed by atoms with van der Waals surface area (Å²) in [4.78, 5) is 30.4. The number of imide groups is 1. The van der Waals surface area contributed by atoms with Crippen LogP contribution in [0.15, 0.2) is 36.0 Å². The van der Waals surface area contributed by atoms with Crippen LogP contribution < -0.4 is 5.32 Å². The molecule has 86 valence electrons. The number of carbonyl (C=O) groups is 3. The van der Waals surface area contributed by atoms with Crippen LogP contribution in [0.4, 0.5) is 0 Å². The molecule has 0 aromatic heterocycles. The summed E-state index contributed by atoms with van der Waals surface area (Å²) in [5.41, 5.74) is 0.481. The van der Waals surface area contributed by atoms with Gasteiger partial charge in [-0.15, -0.1) is 0 Å². The van der Waals surface area contributed by atoms with Gasteiger partial charge in [0, 0.05) is 17.7 Å². The fraction of sp³-hybridized carbons (Fsp3) is 0.182. The van der Waals surface area contributed by atoms with Gasteiger partial charge < -0.3 is 5.11 Å². The lowest BCUT2D eigenvalue weighted by Crippen LogP contribution is -2.21. The van der Waals surface area contributed by atoms with Crippen molar-refractivity contribution in [2.45, 2.75) is 13.8 Å². The Kier molecular flexibility index (Phi) is 6.19. The molecule has 5 nitrogen and oxygen atoms in total. The van der Waals surface area contributed by atoms with Gasteiger partial charge in [-0.25, -0.2) is 4.79 Å². The molecule has 0 aromatic rings. The van der Waals surface area contributed by atoms with Crippen LogP contribution in [-0.2, 0) is 14.4 Å². The van der Waals surface area contributed by atoms with Gasteiger partial charge >= 0.3 is 5.97 Å². The van der Waals surface area contributed by atoms with Crippen molar-refractivity contribution in [2.24, 2.45) is 0 Å². The summed E-state index contributed by atoms with van der Waals surface area (Å²) >= 11 is 0. The van der Waals surface area contributed by atoms with Crippen molar-refractivity contribution in [3.63, 3.8) is 0 Å². The summed E-state index contributed by atoms with van der Waals surface area (Å²) in [6.45, 7) is 3.42. The lowest BCUT2D eigenvalue weighted by molar-refractivity contribution is -0.131. The molecule has 0 saturated heterocycles.